The number of ether oxygens (including phenoxy) is 3. The molecule has 2 saturated heterocycles. The van der Waals surface area contributed by atoms with E-state index in [4.69, 9.17) is 24.5 Å². The number of carboxylic acid groups (broad SMARTS) is 1. The molecule has 0 amide bonds. The molecule has 0 spiro atoms. The van der Waals surface area contributed by atoms with Crippen LogP contribution in [0.3, 0.4) is 0 Å². The highest BCUT2D eigenvalue weighted by atomic mass is 19.1. The summed E-state index contributed by atoms with van der Waals surface area (Å²) in [7, 11) is 0. The Hall–Kier alpha value is -4.53. The first kappa shape index (κ1) is 27.6. The Morgan fingerprint density at radius 2 is 1.95 bits per heavy atom. The Kier molecular flexibility index (Phi) is 7.99. The predicted molar refractivity (Wildman–Crippen MR) is 150 cm³/mol. The Labute approximate surface area is 241 Å². The summed E-state index contributed by atoms with van der Waals surface area (Å²) >= 11 is 0. The van der Waals surface area contributed by atoms with Crippen LogP contribution in [0.2, 0.25) is 0 Å². The number of piperidine rings is 1. The molecular formula is C31H30FN5O5. The minimum Gasteiger partial charge on any atom is -0.484 e. The van der Waals surface area contributed by atoms with Gasteiger partial charge in [0, 0.05) is 25.8 Å². The second-order valence-electron chi connectivity index (χ2n) is 10.5. The van der Waals surface area contributed by atoms with Gasteiger partial charge in [-0.1, -0.05) is 6.07 Å². The molecule has 4 aromatic rings. The number of aromatic carboxylic acids is 1. The van der Waals surface area contributed by atoms with Crippen LogP contribution in [0, 0.1) is 17.1 Å². The molecule has 6 rings (SSSR count). The summed E-state index contributed by atoms with van der Waals surface area (Å²) in [6, 6.07) is 16.5. The molecule has 0 saturated carbocycles. The SMILES string of the molecule is N#Cc1ccc(OCc2cccc(OC3CCN(Cc4nc5ccc(C(=O)O)cc5n4CC4CCO4)CC3)n2)c(F)c1. The molecule has 10 nitrogen and oxygen atoms in total. The third-order valence-corrected chi connectivity index (χ3v) is 7.66. The van der Waals surface area contributed by atoms with Gasteiger partial charge in [-0.05, 0) is 61.7 Å². The highest BCUT2D eigenvalue weighted by Crippen LogP contribution is 2.25. The maximum atomic E-state index is 14.1. The maximum absolute atomic E-state index is 14.1. The molecule has 1 unspecified atom stereocenters. The van der Waals surface area contributed by atoms with E-state index in [-0.39, 0.29) is 35.7 Å². The number of rotatable bonds is 10. The summed E-state index contributed by atoms with van der Waals surface area (Å²) in [6.07, 6.45) is 2.72. The third kappa shape index (κ3) is 6.20. The number of halogens is 1. The number of pyridine rings is 1. The van der Waals surface area contributed by atoms with Gasteiger partial charge in [-0.25, -0.2) is 19.2 Å². The Morgan fingerprint density at radius 3 is 2.67 bits per heavy atom. The number of likely N-dealkylation sites (tertiary alicyclic amines) is 1. The van der Waals surface area contributed by atoms with Crippen LogP contribution in [0.15, 0.2) is 54.6 Å². The lowest BCUT2D eigenvalue weighted by Crippen LogP contribution is -2.39. The van der Waals surface area contributed by atoms with E-state index >= 15 is 0 Å². The molecule has 4 heterocycles. The van der Waals surface area contributed by atoms with Crippen molar-refractivity contribution in [3.63, 3.8) is 0 Å². The van der Waals surface area contributed by atoms with Crippen molar-refractivity contribution in [2.75, 3.05) is 19.7 Å². The minimum atomic E-state index is -0.957. The standard InChI is InChI=1S/C31H30FN5O5/c32-25-14-20(16-33)4-7-28(25)41-19-22-2-1-3-30(34-22)42-23-8-11-36(12-9-23)18-29-35-26-6-5-21(31(38)39)15-27(26)37(29)17-24-10-13-40-24/h1-7,14-15,23-24H,8-13,17-19H2,(H,38,39). The van der Waals surface area contributed by atoms with Gasteiger partial charge in [-0.15, -0.1) is 0 Å². The molecule has 2 aromatic carbocycles. The summed E-state index contributed by atoms with van der Waals surface area (Å²) in [6.45, 7) is 3.75. The molecular weight excluding hydrogens is 541 g/mol. The zero-order valence-corrected chi connectivity index (χ0v) is 22.9. The lowest BCUT2D eigenvalue weighted by molar-refractivity contribution is -0.0592. The van der Waals surface area contributed by atoms with Crippen LogP contribution in [0.5, 0.6) is 11.6 Å². The van der Waals surface area contributed by atoms with Crippen LogP contribution in [0.1, 0.15) is 46.7 Å². The average Bonchev–Trinajstić information content (AvgIpc) is 3.31. The van der Waals surface area contributed by atoms with Gasteiger partial charge in [-0.3, -0.25) is 4.90 Å². The molecule has 0 radical (unpaired) electrons. The summed E-state index contributed by atoms with van der Waals surface area (Å²) in [5.74, 6) is -0.0986. The van der Waals surface area contributed by atoms with Crippen LogP contribution < -0.4 is 9.47 Å². The molecule has 0 bridgehead atoms. The zero-order valence-electron chi connectivity index (χ0n) is 22.9. The predicted octanol–water partition coefficient (Wildman–Crippen LogP) is 4.55. The number of fused-ring (bicyclic) bond motifs is 1. The van der Waals surface area contributed by atoms with Crippen molar-refractivity contribution in [3.05, 3.63) is 83.1 Å². The molecule has 11 heteroatoms. The number of nitrogens with zero attached hydrogens (tertiary/aromatic N) is 5. The van der Waals surface area contributed by atoms with Crippen molar-refractivity contribution in [2.45, 2.75) is 51.2 Å². The highest BCUT2D eigenvalue weighted by molar-refractivity contribution is 5.92. The van der Waals surface area contributed by atoms with E-state index in [0.29, 0.717) is 24.7 Å². The van der Waals surface area contributed by atoms with Crippen LogP contribution >= 0.6 is 0 Å². The minimum absolute atomic E-state index is 0.00112. The van der Waals surface area contributed by atoms with E-state index in [1.54, 1.807) is 30.3 Å². The number of carboxylic acids is 1. The van der Waals surface area contributed by atoms with Crippen LogP contribution in [-0.2, 0) is 24.4 Å². The Balaban J connectivity index is 1.06. The van der Waals surface area contributed by atoms with E-state index in [0.717, 1.165) is 61.9 Å². The number of benzene rings is 2. The molecule has 216 valence electrons. The first-order valence-corrected chi connectivity index (χ1v) is 14.0. The van der Waals surface area contributed by atoms with E-state index in [9.17, 15) is 14.3 Å². The van der Waals surface area contributed by atoms with E-state index in [1.165, 1.54) is 12.1 Å². The second kappa shape index (κ2) is 12.1. The van der Waals surface area contributed by atoms with Crippen molar-refractivity contribution < 1.29 is 28.5 Å². The van der Waals surface area contributed by atoms with E-state index < -0.39 is 11.8 Å². The van der Waals surface area contributed by atoms with Gasteiger partial charge < -0.3 is 23.9 Å². The van der Waals surface area contributed by atoms with Crippen LogP contribution in [0.4, 0.5) is 4.39 Å². The van der Waals surface area contributed by atoms with Crippen LogP contribution in [0.25, 0.3) is 11.0 Å². The Morgan fingerprint density at radius 1 is 1.12 bits per heavy atom. The highest BCUT2D eigenvalue weighted by Gasteiger charge is 2.26. The molecule has 42 heavy (non-hydrogen) atoms. The van der Waals surface area contributed by atoms with Crippen molar-refractivity contribution in [3.8, 4) is 17.7 Å². The molecule has 1 atom stereocenters. The van der Waals surface area contributed by atoms with Crippen LogP contribution in [-0.4, -0.2) is 62.4 Å². The summed E-state index contributed by atoms with van der Waals surface area (Å²) in [5.41, 5.74) is 2.68. The summed E-state index contributed by atoms with van der Waals surface area (Å²) in [4.78, 5) is 23.3. The van der Waals surface area contributed by atoms with Crippen molar-refractivity contribution in [1.29, 1.82) is 5.26 Å². The normalized spacial score (nSPS) is 17.5. The fraction of sp³-hybridized carbons (Fsp3) is 0.355. The molecule has 2 aliphatic rings. The first-order chi connectivity index (χ1) is 20.4. The molecule has 2 aromatic heterocycles. The van der Waals surface area contributed by atoms with Crippen molar-refractivity contribution >= 4 is 17.0 Å². The van der Waals surface area contributed by atoms with Gasteiger partial charge in [0.05, 0.1) is 53.1 Å². The number of hydrogen-bond acceptors (Lipinski definition) is 8. The topological polar surface area (TPSA) is 123 Å². The van der Waals surface area contributed by atoms with Gasteiger partial charge in [-0.2, -0.15) is 5.26 Å². The quantitative estimate of drug-likeness (QED) is 0.292. The largest absolute Gasteiger partial charge is 0.484 e. The fourth-order valence-corrected chi connectivity index (χ4v) is 5.26. The van der Waals surface area contributed by atoms with Gasteiger partial charge in [0.1, 0.15) is 18.5 Å². The maximum Gasteiger partial charge on any atom is 0.335 e. The first-order valence-electron chi connectivity index (χ1n) is 14.0. The molecule has 0 aliphatic carbocycles. The number of imidazole rings is 1. The van der Waals surface area contributed by atoms with Crippen molar-refractivity contribution in [2.24, 2.45) is 0 Å². The Bertz CT molecular complexity index is 1640. The van der Waals surface area contributed by atoms with E-state index in [1.807, 2.05) is 12.1 Å². The lowest BCUT2D eigenvalue weighted by atomic mass is 10.1. The number of hydrogen-bond donors (Lipinski definition) is 1. The van der Waals surface area contributed by atoms with Gasteiger partial charge in [0.2, 0.25) is 5.88 Å². The van der Waals surface area contributed by atoms with Gasteiger partial charge >= 0.3 is 5.97 Å². The number of aromatic nitrogens is 3. The summed E-state index contributed by atoms with van der Waals surface area (Å²) in [5, 5.41) is 18.4. The smallest absolute Gasteiger partial charge is 0.335 e. The third-order valence-electron chi connectivity index (χ3n) is 7.66. The average molecular weight is 572 g/mol. The lowest BCUT2D eigenvalue weighted by Gasteiger charge is -2.32. The van der Waals surface area contributed by atoms with Crippen molar-refractivity contribution in [1.82, 2.24) is 19.4 Å². The molecule has 1 N–H and O–H groups in total. The zero-order chi connectivity index (χ0) is 29.1. The van der Waals surface area contributed by atoms with Gasteiger partial charge in [0.15, 0.2) is 11.6 Å². The fourth-order valence-electron chi connectivity index (χ4n) is 5.26. The monoisotopic (exact) mass is 571 g/mol. The number of nitriles is 1. The molecule has 2 aliphatic heterocycles. The second-order valence-corrected chi connectivity index (χ2v) is 10.5. The van der Waals surface area contributed by atoms with Gasteiger partial charge in [0.25, 0.3) is 0 Å². The molecule has 2 fully saturated rings. The number of carbonyl (C=O) groups is 1. The van der Waals surface area contributed by atoms with E-state index in [2.05, 4.69) is 14.5 Å². The summed E-state index contributed by atoms with van der Waals surface area (Å²) < 4.78 is 33.7.